The average molecular weight is 418 g/mol. The van der Waals surface area contributed by atoms with Crippen molar-refractivity contribution >= 4 is 39.3 Å². The van der Waals surface area contributed by atoms with Crippen LogP contribution >= 0.6 is 23.2 Å². The molecule has 13 heteroatoms. The predicted molar refractivity (Wildman–Crippen MR) is 78.3 cm³/mol. The number of carbonyl (C=O) groups excluding carboxylic acids is 1. The molecule has 0 saturated heterocycles. The summed E-state index contributed by atoms with van der Waals surface area (Å²) >= 11 is 11.6. The number of carbonyl (C=O) groups is 1. The number of aromatic carboxylic acids is 1. The quantitative estimate of drug-likeness (QED) is 0.557. The third-order valence-electron chi connectivity index (χ3n) is 2.87. The number of carboxylic acid groups (broad SMARTS) is 1. The Bertz CT molecular complexity index is 956. The third kappa shape index (κ3) is 3.67. The van der Waals surface area contributed by atoms with E-state index in [1.165, 1.54) is 18.2 Å². The number of rotatable bonds is 4. The summed E-state index contributed by atoms with van der Waals surface area (Å²) in [5.74, 6) is -2.85. The molecule has 1 heterocycles. The highest BCUT2D eigenvalue weighted by Gasteiger charge is 2.49. The molecule has 0 aliphatic carbocycles. The van der Waals surface area contributed by atoms with Gasteiger partial charge in [-0.2, -0.15) is 31.4 Å². The average Bonchev–Trinajstić information content (AvgIpc) is 2.75. The Morgan fingerprint density at radius 2 is 1.92 bits per heavy atom. The molecular weight excluding hydrogens is 412 g/mol. The van der Waals surface area contributed by atoms with Gasteiger partial charge in [-0.3, -0.25) is 0 Å². The number of halogens is 5. The van der Waals surface area contributed by atoms with Gasteiger partial charge in [0.25, 0.3) is 0 Å². The van der Waals surface area contributed by atoms with Crippen LogP contribution in [0.4, 0.5) is 13.2 Å². The molecule has 0 radical (unpaired) electrons. The lowest BCUT2D eigenvalue weighted by molar-refractivity contribution is -0.255. The van der Waals surface area contributed by atoms with Crippen molar-refractivity contribution in [2.24, 2.45) is 0 Å². The molecule has 2 aromatic rings. The first-order valence-electron chi connectivity index (χ1n) is 6.12. The molecule has 0 aliphatic heterocycles. The number of carboxylic acids is 1. The van der Waals surface area contributed by atoms with Crippen LogP contribution in [0.1, 0.15) is 16.1 Å². The van der Waals surface area contributed by atoms with Crippen molar-refractivity contribution in [3.8, 4) is 11.6 Å². The maximum absolute atomic E-state index is 12.6. The number of hydrogen-bond donors (Lipinski definition) is 0. The van der Waals surface area contributed by atoms with Crippen LogP contribution in [0.2, 0.25) is 10.0 Å². The standard InChI is InChI=1S/C12H7Cl2F3N2O5S/c1-5-9(11(20)21)18-19(8-3-2-6(13)4-7(8)14)10(5)24-25(22,23)12(15,16)17/h2-4H,1H3,(H,20,21)/p-1. The summed E-state index contributed by atoms with van der Waals surface area (Å²) in [6.45, 7) is 1.000. The first kappa shape index (κ1) is 19.3. The highest BCUT2D eigenvalue weighted by Crippen LogP contribution is 2.34. The van der Waals surface area contributed by atoms with Gasteiger partial charge in [0, 0.05) is 10.6 Å². The molecule has 0 fully saturated rings. The zero-order valence-electron chi connectivity index (χ0n) is 12.0. The van der Waals surface area contributed by atoms with E-state index in [0.717, 1.165) is 6.92 Å². The van der Waals surface area contributed by atoms with Gasteiger partial charge < -0.3 is 14.1 Å². The van der Waals surface area contributed by atoms with Crippen molar-refractivity contribution < 1.29 is 35.7 Å². The Kier molecular flexibility index (Phi) is 4.94. The van der Waals surface area contributed by atoms with Crippen LogP contribution in [0.5, 0.6) is 5.88 Å². The molecule has 2 rings (SSSR count). The van der Waals surface area contributed by atoms with Crippen LogP contribution in [0.3, 0.4) is 0 Å². The van der Waals surface area contributed by atoms with E-state index in [2.05, 4.69) is 9.28 Å². The van der Waals surface area contributed by atoms with E-state index >= 15 is 0 Å². The Morgan fingerprint density at radius 3 is 2.40 bits per heavy atom. The summed E-state index contributed by atoms with van der Waals surface area (Å²) in [4.78, 5) is 11.1. The molecule has 1 aromatic heterocycles. The first-order chi connectivity index (χ1) is 11.3. The highest BCUT2D eigenvalue weighted by atomic mass is 35.5. The lowest BCUT2D eigenvalue weighted by Crippen LogP contribution is -2.29. The minimum absolute atomic E-state index is 0.144. The maximum atomic E-state index is 12.6. The van der Waals surface area contributed by atoms with Crippen LogP contribution < -0.4 is 9.29 Å². The van der Waals surface area contributed by atoms with E-state index in [-0.39, 0.29) is 15.7 Å². The maximum Gasteiger partial charge on any atom is 0.534 e. The van der Waals surface area contributed by atoms with Gasteiger partial charge in [0.05, 0.1) is 16.7 Å². The van der Waals surface area contributed by atoms with E-state index in [1.807, 2.05) is 0 Å². The molecule has 25 heavy (non-hydrogen) atoms. The second-order valence-corrected chi connectivity index (χ2v) is 6.94. The molecule has 0 saturated carbocycles. The number of hydrogen-bond acceptors (Lipinski definition) is 6. The van der Waals surface area contributed by atoms with E-state index < -0.39 is 38.7 Å². The minimum Gasteiger partial charge on any atom is -0.543 e. The highest BCUT2D eigenvalue weighted by molar-refractivity contribution is 7.88. The van der Waals surface area contributed by atoms with Crippen LogP contribution in [0.25, 0.3) is 5.69 Å². The van der Waals surface area contributed by atoms with Crippen molar-refractivity contribution in [2.75, 3.05) is 0 Å². The Balaban J connectivity index is 2.72. The van der Waals surface area contributed by atoms with Crippen LogP contribution in [0.15, 0.2) is 18.2 Å². The molecule has 136 valence electrons. The molecular formula is C12H6Cl2F3N2O5S-. The number of benzene rings is 1. The van der Waals surface area contributed by atoms with Crippen molar-refractivity contribution in [2.45, 2.75) is 12.4 Å². The lowest BCUT2D eigenvalue weighted by atomic mass is 10.2. The van der Waals surface area contributed by atoms with Crippen molar-refractivity contribution in [1.82, 2.24) is 9.78 Å². The summed E-state index contributed by atoms with van der Waals surface area (Å²) in [6.07, 6.45) is 0. The summed E-state index contributed by atoms with van der Waals surface area (Å²) in [6, 6.07) is 3.65. The minimum atomic E-state index is -6.08. The largest absolute Gasteiger partial charge is 0.543 e. The van der Waals surface area contributed by atoms with Gasteiger partial charge in [0.15, 0.2) is 0 Å². The fourth-order valence-electron chi connectivity index (χ4n) is 1.74. The Hall–Kier alpha value is -1.98. The van der Waals surface area contributed by atoms with E-state index in [1.54, 1.807) is 0 Å². The van der Waals surface area contributed by atoms with Gasteiger partial charge in [-0.1, -0.05) is 23.2 Å². The Labute approximate surface area is 148 Å². The monoisotopic (exact) mass is 417 g/mol. The van der Waals surface area contributed by atoms with Gasteiger partial charge in [-0.25, -0.2) is 0 Å². The zero-order valence-corrected chi connectivity index (χ0v) is 14.3. The van der Waals surface area contributed by atoms with Crippen molar-refractivity contribution in [1.29, 1.82) is 0 Å². The van der Waals surface area contributed by atoms with Crippen LogP contribution in [-0.4, -0.2) is 29.7 Å². The number of nitrogens with zero attached hydrogens (tertiary/aromatic N) is 2. The molecule has 7 nitrogen and oxygen atoms in total. The van der Waals surface area contributed by atoms with Gasteiger partial charge in [-0.15, -0.1) is 0 Å². The summed E-state index contributed by atoms with van der Waals surface area (Å²) in [5, 5.41) is 14.6. The molecule has 0 atom stereocenters. The molecule has 0 N–H and O–H groups in total. The van der Waals surface area contributed by atoms with E-state index in [0.29, 0.717) is 4.68 Å². The van der Waals surface area contributed by atoms with Crippen molar-refractivity contribution in [3.05, 3.63) is 39.5 Å². The summed E-state index contributed by atoms with van der Waals surface area (Å²) in [5.41, 5.74) is -7.22. The second-order valence-electron chi connectivity index (χ2n) is 4.56. The van der Waals surface area contributed by atoms with Crippen LogP contribution in [0, 0.1) is 6.92 Å². The molecule has 0 amide bonds. The molecule has 0 unspecified atom stereocenters. The van der Waals surface area contributed by atoms with Gasteiger partial charge in [0.1, 0.15) is 5.69 Å². The molecule has 1 aromatic carbocycles. The Morgan fingerprint density at radius 1 is 1.32 bits per heavy atom. The fraction of sp³-hybridized carbons (Fsp3) is 0.167. The molecule has 0 spiro atoms. The third-order valence-corrected chi connectivity index (χ3v) is 4.35. The van der Waals surface area contributed by atoms with Crippen molar-refractivity contribution in [3.63, 3.8) is 0 Å². The smallest absolute Gasteiger partial charge is 0.534 e. The first-order valence-corrected chi connectivity index (χ1v) is 8.28. The zero-order chi connectivity index (χ0) is 19.2. The van der Waals surface area contributed by atoms with E-state index in [4.69, 9.17) is 23.2 Å². The summed E-state index contributed by atoms with van der Waals surface area (Å²) in [7, 11) is -6.08. The topological polar surface area (TPSA) is 101 Å². The van der Waals surface area contributed by atoms with Gasteiger partial charge >= 0.3 is 15.6 Å². The second kappa shape index (κ2) is 6.39. The summed E-state index contributed by atoms with van der Waals surface area (Å²) < 4.78 is 64.8. The predicted octanol–water partition coefficient (Wildman–Crippen LogP) is 2.08. The van der Waals surface area contributed by atoms with Gasteiger partial charge in [0.2, 0.25) is 5.88 Å². The number of aromatic nitrogens is 2. The fourth-order valence-corrected chi connectivity index (χ4v) is 2.73. The molecule has 0 bridgehead atoms. The lowest BCUT2D eigenvalue weighted by Gasteiger charge is -2.12. The van der Waals surface area contributed by atoms with Crippen LogP contribution in [-0.2, 0) is 10.1 Å². The normalized spacial score (nSPS) is 12.2. The number of alkyl halides is 3. The SMILES string of the molecule is Cc1c(C(=O)[O-])nn(-c2ccc(Cl)cc2Cl)c1OS(=O)(=O)C(F)(F)F. The van der Waals surface area contributed by atoms with E-state index in [9.17, 15) is 31.5 Å². The molecule has 0 aliphatic rings. The van der Waals surface area contributed by atoms with Gasteiger partial charge in [-0.05, 0) is 25.1 Å².